The Morgan fingerprint density at radius 2 is 0.852 bits per heavy atom. The first kappa shape index (κ1) is 30.5. The van der Waals surface area contributed by atoms with Crippen molar-refractivity contribution < 1.29 is 29.4 Å². The normalized spacial score (nSPS) is 9.56. The van der Waals surface area contributed by atoms with E-state index in [1.54, 1.807) is 0 Å². The van der Waals surface area contributed by atoms with Crippen LogP contribution in [0.2, 0.25) is 0 Å². The number of aliphatic carboxylic acids is 2. The summed E-state index contributed by atoms with van der Waals surface area (Å²) in [5.41, 5.74) is 0. The Balaban J connectivity index is -0.000000411. The van der Waals surface area contributed by atoms with Crippen molar-refractivity contribution in [2.24, 2.45) is 0 Å². The van der Waals surface area contributed by atoms with Crippen molar-refractivity contribution in [3.05, 3.63) is 0 Å². The van der Waals surface area contributed by atoms with Crippen molar-refractivity contribution in [3.63, 3.8) is 0 Å². The average Bonchev–Trinajstić information content (AvgIpc) is 2.53. The van der Waals surface area contributed by atoms with Crippen LogP contribution in [-0.4, -0.2) is 40.9 Å². The zero-order chi connectivity index (χ0) is 20.2. The third kappa shape index (κ3) is 29.8. The molecular formula is C20H34AlO6. The minimum Gasteiger partial charge on any atom is -0.550 e. The van der Waals surface area contributed by atoms with Gasteiger partial charge >= 0.3 is 17.4 Å². The average molecular weight is 397 g/mol. The van der Waals surface area contributed by atoms with Crippen LogP contribution in [0.1, 0.15) is 104 Å². The molecule has 0 rings (SSSR count). The van der Waals surface area contributed by atoms with Gasteiger partial charge in [0.1, 0.15) is 11.6 Å². The number of rotatable bonds is 16. The molecule has 0 atom stereocenters. The standard InChI is InChI=1S/2C10H18O3.Al/c2*1-2-3-4-5-6-7-9(11)8-10(12)13;/h2*2-8H2,1H3,(H,12,13);/q;;+2/p-2. The number of hydrogen-bond acceptors (Lipinski definition) is 6. The first-order chi connectivity index (χ1) is 12.3. The van der Waals surface area contributed by atoms with E-state index in [0.29, 0.717) is 12.8 Å². The number of carboxylic acids is 2. The summed E-state index contributed by atoms with van der Waals surface area (Å²) in [6.45, 7) is 4.25. The third-order valence-corrected chi connectivity index (χ3v) is 3.80. The number of Topliss-reactive ketones (excluding diaryl/α,β-unsaturated/α-hetero) is 2. The van der Waals surface area contributed by atoms with Gasteiger partial charge in [0.2, 0.25) is 0 Å². The second-order valence-electron chi connectivity index (χ2n) is 6.50. The first-order valence-corrected chi connectivity index (χ1v) is 9.76. The van der Waals surface area contributed by atoms with E-state index in [9.17, 15) is 29.4 Å². The van der Waals surface area contributed by atoms with E-state index in [4.69, 9.17) is 0 Å². The second kappa shape index (κ2) is 22.9. The summed E-state index contributed by atoms with van der Waals surface area (Å²) >= 11 is 0. The van der Waals surface area contributed by atoms with E-state index in [0.717, 1.165) is 38.5 Å². The molecule has 0 aliphatic rings. The molecule has 0 heterocycles. The summed E-state index contributed by atoms with van der Waals surface area (Å²) in [5.74, 6) is -2.95. The molecule has 0 aliphatic heterocycles. The van der Waals surface area contributed by atoms with Gasteiger partial charge in [-0.3, -0.25) is 9.59 Å². The van der Waals surface area contributed by atoms with Gasteiger partial charge in [0.15, 0.2) is 0 Å². The monoisotopic (exact) mass is 397 g/mol. The van der Waals surface area contributed by atoms with E-state index >= 15 is 0 Å². The Morgan fingerprint density at radius 1 is 0.556 bits per heavy atom. The molecule has 0 aliphatic carbocycles. The van der Waals surface area contributed by atoms with Crippen LogP contribution in [0.4, 0.5) is 0 Å². The maximum absolute atomic E-state index is 10.9. The van der Waals surface area contributed by atoms with Gasteiger partial charge in [-0.2, -0.15) is 0 Å². The van der Waals surface area contributed by atoms with Gasteiger partial charge in [0.05, 0.1) is 0 Å². The summed E-state index contributed by atoms with van der Waals surface area (Å²) in [6.07, 6.45) is 10.6. The first-order valence-electron chi connectivity index (χ1n) is 9.76. The summed E-state index contributed by atoms with van der Waals surface area (Å²) in [5, 5.41) is 20.0. The fraction of sp³-hybridized carbons (Fsp3) is 0.800. The molecule has 0 spiro atoms. The Kier molecular flexibility index (Phi) is 25.8. The van der Waals surface area contributed by atoms with Gasteiger partial charge in [-0.25, -0.2) is 0 Å². The summed E-state index contributed by atoms with van der Waals surface area (Å²) in [4.78, 5) is 41.8. The Hall–Kier alpha value is -1.19. The molecule has 1 radical (unpaired) electrons. The minimum atomic E-state index is -1.27. The molecule has 0 amide bonds. The Bertz CT molecular complexity index is 371. The molecule has 0 aromatic heterocycles. The summed E-state index contributed by atoms with van der Waals surface area (Å²) in [6, 6.07) is 0. The quantitative estimate of drug-likeness (QED) is 0.223. The topological polar surface area (TPSA) is 114 Å². The number of carbonyl (C=O) groups excluding carboxylic acids is 4. The van der Waals surface area contributed by atoms with Crippen LogP contribution in [0.25, 0.3) is 0 Å². The fourth-order valence-electron chi connectivity index (χ4n) is 2.35. The number of carbonyl (C=O) groups is 4. The van der Waals surface area contributed by atoms with Crippen LogP contribution in [-0.2, 0) is 19.2 Å². The third-order valence-electron chi connectivity index (χ3n) is 3.80. The summed E-state index contributed by atoms with van der Waals surface area (Å²) in [7, 11) is 0. The van der Waals surface area contributed by atoms with E-state index in [1.807, 2.05) is 0 Å². The zero-order valence-electron chi connectivity index (χ0n) is 16.9. The van der Waals surface area contributed by atoms with Crippen LogP contribution in [0.5, 0.6) is 0 Å². The predicted molar refractivity (Wildman–Crippen MR) is 102 cm³/mol. The molecule has 0 N–H and O–H groups in total. The van der Waals surface area contributed by atoms with Gasteiger partial charge in [-0.15, -0.1) is 0 Å². The van der Waals surface area contributed by atoms with Crippen molar-refractivity contribution in [1.29, 1.82) is 0 Å². The second-order valence-corrected chi connectivity index (χ2v) is 6.50. The van der Waals surface area contributed by atoms with Gasteiger partial charge in [-0.05, 0) is 12.8 Å². The van der Waals surface area contributed by atoms with Crippen molar-refractivity contribution in [1.82, 2.24) is 0 Å². The van der Waals surface area contributed by atoms with Crippen LogP contribution < -0.4 is 10.2 Å². The molecule has 7 heteroatoms. The van der Waals surface area contributed by atoms with E-state index in [-0.39, 0.29) is 28.9 Å². The molecule has 0 saturated carbocycles. The van der Waals surface area contributed by atoms with Gasteiger partial charge in [0.25, 0.3) is 0 Å². The van der Waals surface area contributed by atoms with Gasteiger partial charge < -0.3 is 19.8 Å². The van der Waals surface area contributed by atoms with Crippen LogP contribution in [0, 0.1) is 0 Å². The van der Waals surface area contributed by atoms with Crippen LogP contribution >= 0.6 is 0 Å². The van der Waals surface area contributed by atoms with Gasteiger partial charge in [-0.1, -0.05) is 65.2 Å². The Morgan fingerprint density at radius 3 is 1.11 bits per heavy atom. The molecule has 0 fully saturated rings. The zero-order valence-corrected chi connectivity index (χ0v) is 18.1. The maximum Gasteiger partial charge on any atom is 2.00 e. The van der Waals surface area contributed by atoms with Crippen molar-refractivity contribution in [3.8, 4) is 0 Å². The Labute approximate surface area is 174 Å². The SMILES string of the molecule is CCCCCCCC(=O)CC(=O)[O-].CCCCCCCC(=O)CC(=O)[O-].[Al+2]. The van der Waals surface area contributed by atoms with Gasteiger partial charge in [0, 0.05) is 37.6 Å². The summed E-state index contributed by atoms with van der Waals surface area (Å²) < 4.78 is 0. The number of unbranched alkanes of at least 4 members (excludes halogenated alkanes) is 8. The predicted octanol–water partition coefficient (Wildman–Crippen LogP) is 1.73. The molecule has 6 nitrogen and oxygen atoms in total. The van der Waals surface area contributed by atoms with Crippen molar-refractivity contribution in [2.45, 2.75) is 104 Å². The molecule has 0 aromatic rings. The number of hydrogen-bond donors (Lipinski definition) is 0. The minimum absolute atomic E-state index is 0. The molecule has 0 unspecified atom stereocenters. The smallest absolute Gasteiger partial charge is 0.550 e. The van der Waals surface area contributed by atoms with E-state index < -0.39 is 24.8 Å². The van der Waals surface area contributed by atoms with Crippen LogP contribution in [0.15, 0.2) is 0 Å². The fourth-order valence-corrected chi connectivity index (χ4v) is 2.35. The number of carboxylic acid groups (broad SMARTS) is 2. The number of ketones is 2. The largest absolute Gasteiger partial charge is 2.00 e. The molecule has 153 valence electrons. The molecule has 0 bridgehead atoms. The van der Waals surface area contributed by atoms with Crippen LogP contribution in [0.3, 0.4) is 0 Å². The molecule has 0 aromatic carbocycles. The molecule has 0 saturated heterocycles. The molecule has 27 heavy (non-hydrogen) atoms. The van der Waals surface area contributed by atoms with E-state index in [1.165, 1.54) is 25.7 Å². The molecular weight excluding hydrogens is 363 g/mol. The maximum atomic E-state index is 10.9. The van der Waals surface area contributed by atoms with Crippen molar-refractivity contribution in [2.75, 3.05) is 0 Å². The van der Waals surface area contributed by atoms with E-state index in [2.05, 4.69) is 13.8 Å². The van der Waals surface area contributed by atoms with Crippen molar-refractivity contribution >= 4 is 40.9 Å².